The largest absolute Gasteiger partial charge is 0.491 e. The second-order valence-electron chi connectivity index (χ2n) is 5.29. The number of hydrogen-bond donors (Lipinski definition) is 2. The number of ether oxygens (including phenoxy) is 2. The third kappa shape index (κ3) is 6.27. The zero-order valence-electron chi connectivity index (χ0n) is 14.7. The van der Waals surface area contributed by atoms with E-state index in [9.17, 15) is 0 Å². The Hall–Kier alpha value is -2.86. The molecule has 0 amide bonds. The molecule has 0 radical (unpaired) electrons. The van der Waals surface area contributed by atoms with Crippen LogP contribution in [0.15, 0.2) is 59.4 Å². The minimum absolute atomic E-state index is 0.0309. The molecule has 0 aliphatic rings. The van der Waals surface area contributed by atoms with Gasteiger partial charge in [-0.1, -0.05) is 12.1 Å². The minimum Gasteiger partial charge on any atom is -0.491 e. The van der Waals surface area contributed by atoms with E-state index in [1.807, 2.05) is 45.0 Å². The zero-order valence-corrected chi connectivity index (χ0v) is 14.7. The summed E-state index contributed by atoms with van der Waals surface area (Å²) >= 11 is 0. The molecule has 25 heavy (non-hydrogen) atoms. The van der Waals surface area contributed by atoms with Crippen molar-refractivity contribution >= 4 is 11.7 Å². The Balaban J connectivity index is 2.10. The van der Waals surface area contributed by atoms with Crippen LogP contribution in [0.4, 0.5) is 5.82 Å². The fourth-order valence-electron chi connectivity index (χ4n) is 2.01. The highest BCUT2D eigenvalue weighted by Gasteiger charge is 2.02. The van der Waals surface area contributed by atoms with Crippen LogP contribution < -0.4 is 14.8 Å². The average Bonchev–Trinajstić information content (AvgIpc) is 2.60. The van der Waals surface area contributed by atoms with Crippen LogP contribution in [0.25, 0.3) is 0 Å². The number of aliphatic hydroxyl groups is 1. The van der Waals surface area contributed by atoms with Crippen LogP contribution in [0.1, 0.15) is 20.8 Å². The molecule has 0 unspecified atom stereocenters. The Bertz CT molecular complexity index is 757. The number of aromatic nitrogens is 1. The lowest BCUT2D eigenvalue weighted by atomic mass is 10.3. The molecule has 132 valence electrons. The first-order chi connectivity index (χ1) is 12.1. The summed E-state index contributed by atoms with van der Waals surface area (Å²) in [7, 11) is 0. The second kappa shape index (κ2) is 9.44. The molecule has 0 saturated carbocycles. The molecule has 0 aliphatic heterocycles. The number of pyridine rings is 1. The molecular weight excluding hydrogens is 318 g/mol. The monoisotopic (exact) mass is 341 g/mol. The summed E-state index contributed by atoms with van der Waals surface area (Å²) in [6.07, 6.45) is 3.62. The molecule has 6 nitrogen and oxygen atoms in total. The van der Waals surface area contributed by atoms with Gasteiger partial charge in [-0.25, -0.2) is 9.98 Å². The van der Waals surface area contributed by atoms with E-state index in [1.54, 1.807) is 24.4 Å². The molecule has 0 aliphatic carbocycles. The van der Waals surface area contributed by atoms with Crippen LogP contribution >= 0.6 is 0 Å². The highest BCUT2D eigenvalue weighted by Crippen LogP contribution is 2.26. The Morgan fingerprint density at radius 3 is 2.72 bits per heavy atom. The van der Waals surface area contributed by atoms with Gasteiger partial charge in [0, 0.05) is 24.0 Å². The van der Waals surface area contributed by atoms with Gasteiger partial charge in [0.05, 0.1) is 6.61 Å². The highest BCUT2D eigenvalue weighted by atomic mass is 16.5. The van der Waals surface area contributed by atoms with Crippen LogP contribution in [0.2, 0.25) is 0 Å². The standard InChI is InChI=1S/C19H23N3O3/c1-4-14(2)21-15(3)22-19-13-18(8-9-20-19)25-17-7-5-6-16(12-17)24-11-10-23/h4-9,12-13,23H,10-11H2,1-3H3,(H,20,21,22)/b14-4-. The van der Waals surface area contributed by atoms with Crippen LogP contribution in [0.5, 0.6) is 17.2 Å². The summed E-state index contributed by atoms with van der Waals surface area (Å²) in [6.45, 7) is 6.02. The van der Waals surface area contributed by atoms with E-state index < -0.39 is 0 Å². The van der Waals surface area contributed by atoms with Crippen LogP contribution in [-0.2, 0) is 0 Å². The maximum Gasteiger partial charge on any atom is 0.157 e. The Morgan fingerprint density at radius 1 is 1.20 bits per heavy atom. The smallest absolute Gasteiger partial charge is 0.157 e. The number of allylic oxidation sites excluding steroid dienone is 2. The number of aliphatic imine (C=N–C) groups is 1. The van der Waals surface area contributed by atoms with Crippen molar-refractivity contribution in [2.24, 2.45) is 4.99 Å². The molecule has 1 aromatic heterocycles. The lowest BCUT2D eigenvalue weighted by Crippen LogP contribution is -2.17. The Labute approximate surface area is 147 Å². The van der Waals surface area contributed by atoms with E-state index in [-0.39, 0.29) is 13.2 Å². The van der Waals surface area contributed by atoms with E-state index >= 15 is 0 Å². The van der Waals surface area contributed by atoms with Gasteiger partial charge in [0.2, 0.25) is 0 Å². The predicted molar refractivity (Wildman–Crippen MR) is 98.7 cm³/mol. The van der Waals surface area contributed by atoms with Gasteiger partial charge in [0.1, 0.15) is 29.7 Å². The molecule has 2 rings (SSSR count). The molecule has 1 heterocycles. The topological polar surface area (TPSA) is 76.0 Å². The van der Waals surface area contributed by atoms with Crippen molar-refractivity contribution in [3.8, 4) is 17.2 Å². The second-order valence-corrected chi connectivity index (χ2v) is 5.29. The molecule has 2 N–H and O–H groups in total. The first kappa shape index (κ1) is 18.5. The van der Waals surface area contributed by atoms with Crippen molar-refractivity contribution in [2.75, 3.05) is 13.2 Å². The quantitative estimate of drug-likeness (QED) is 0.592. The number of hydrogen-bond acceptors (Lipinski definition) is 5. The van der Waals surface area contributed by atoms with Crippen molar-refractivity contribution in [3.63, 3.8) is 0 Å². The van der Waals surface area contributed by atoms with Gasteiger partial charge in [0.15, 0.2) is 5.82 Å². The summed E-state index contributed by atoms with van der Waals surface area (Å²) in [5.74, 6) is 3.21. The van der Waals surface area contributed by atoms with Gasteiger partial charge in [-0.2, -0.15) is 0 Å². The third-order valence-electron chi connectivity index (χ3n) is 3.21. The van der Waals surface area contributed by atoms with Gasteiger partial charge in [-0.05, 0) is 39.0 Å². The summed E-state index contributed by atoms with van der Waals surface area (Å²) in [5, 5.41) is 12.0. The summed E-state index contributed by atoms with van der Waals surface area (Å²) < 4.78 is 11.2. The molecule has 2 aromatic rings. The molecule has 0 fully saturated rings. The molecule has 0 bridgehead atoms. The Morgan fingerprint density at radius 2 is 1.96 bits per heavy atom. The van der Waals surface area contributed by atoms with E-state index in [2.05, 4.69) is 15.3 Å². The number of nitrogens with zero attached hydrogens (tertiary/aromatic N) is 2. The van der Waals surface area contributed by atoms with Gasteiger partial charge < -0.3 is 19.9 Å². The van der Waals surface area contributed by atoms with Crippen molar-refractivity contribution in [3.05, 3.63) is 54.4 Å². The van der Waals surface area contributed by atoms with Crippen LogP contribution in [-0.4, -0.2) is 29.1 Å². The number of benzene rings is 1. The first-order valence-corrected chi connectivity index (χ1v) is 8.03. The molecule has 1 aromatic carbocycles. The lowest BCUT2D eigenvalue weighted by molar-refractivity contribution is 0.201. The zero-order chi connectivity index (χ0) is 18.1. The van der Waals surface area contributed by atoms with Crippen molar-refractivity contribution < 1.29 is 14.6 Å². The van der Waals surface area contributed by atoms with E-state index in [0.29, 0.717) is 23.1 Å². The van der Waals surface area contributed by atoms with E-state index in [4.69, 9.17) is 14.6 Å². The van der Waals surface area contributed by atoms with Gasteiger partial charge >= 0.3 is 0 Å². The summed E-state index contributed by atoms with van der Waals surface area (Å²) in [4.78, 5) is 8.66. The molecule has 6 heteroatoms. The molecular formula is C19H23N3O3. The summed E-state index contributed by atoms with van der Waals surface area (Å²) in [6, 6.07) is 10.8. The average molecular weight is 341 g/mol. The lowest BCUT2D eigenvalue weighted by Gasteiger charge is -2.09. The van der Waals surface area contributed by atoms with Crippen LogP contribution in [0.3, 0.4) is 0 Å². The maximum absolute atomic E-state index is 8.82. The normalized spacial score (nSPS) is 12.0. The Kier molecular flexibility index (Phi) is 6.98. The molecule has 0 saturated heterocycles. The molecule has 0 spiro atoms. The van der Waals surface area contributed by atoms with E-state index in [1.165, 1.54) is 0 Å². The predicted octanol–water partition coefficient (Wildman–Crippen LogP) is 3.81. The van der Waals surface area contributed by atoms with Crippen molar-refractivity contribution in [1.29, 1.82) is 0 Å². The first-order valence-electron chi connectivity index (χ1n) is 8.03. The van der Waals surface area contributed by atoms with E-state index in [0.717, 1.165) is 11.5 Å². The van der Waals surface area contributed by atoms with Crippen molar-refractivity contribution in [2.45, 2.75) is 20.8 Å². The number of aliphatic hydroxyl groups excluding tert-OH is 1. The number of nitrogens with one attached hydrogen (secondary N) is 1. The fraction of sp³-hybridized carbons (Fsp3) is 0.263. The van der Waals surface area contributed by atoms with Gasteiger partial charge in [0.25, 0.3) is 0 Å². The van der Waals surface area contributed by atoms with Crippen molar-refractivity contribution in [1.82, 2.24) is 10.3 Å². The van der Waals surface area contributed by atoms with Gasteiger partial charge in [-0.3, -0.25) is 0 Å². The minimum atomic E-state index is -0.0309. The maximum atomic E-state index is 8.82. The number of rotatable bonds is 7. The molecule has 0 atom stereocenters. The summed E-state index contributed by atoms with van der Waals surface area (Å²) in [5.41, 5.74) is 1.02. The third-order valence-corrected chi connectivity index (χ3v) is 3.21. The number of amidine groups is 1. The van der Waals surface area contributed by atoms with Gasteiger partial charge in [-0.15, -0.1) is 0 Å². The van der Waals surface area contributed by atoms with Crippen LogP contribution in [0, 0.1) is 0 Å². The fourth-order valence-corrected chi connectivity index (χ4v) is 2.01. The SMILES string of the molecule is C/C=C(/C)NC(C)=Nc1cc(Oc2cccc(OCCO)c2)ccn1. The highest BCUT2D eigenvalue weighted by molar-refractivity contribution is 5.83.